The van der Waals surface area contributed by atoms with E-state index >= 15 is 0 Å². The largest absolute Gasteiger partial charge is 0.486 e. The fourth-order valence-corrected chi connectivity index (χ4v) is 6.55. The number of pyridine rings is 2. The van der Waals surface area contributed by atoms with Crippen LogP contribution in [0.15, 0.2) is 46.7 Å². The Labute approximate surface area is 213 Å². The standard InChI is InChI=1S/C26H28N6O3S/c33-15-18-23(32-11-7-26(8-12-32)13-17-3-1-9-28-24(17)35-26)29-14-20(30-18)36-19-4-10-27-22-21(19)34-16-25(31-22)5-2-6-25/h1,3-4,9-10,14,33H,2,5-8,11-13,15-16H2,(H,27,31). The maximum absolute atomic E-state index is 10.1. The Morgan fingerprint density at radius 1 is 1.08 bits per heavy atom. The van der Waals surface area contributed by atoms with Gasteiger partial charge >= 0.3 is 0 Å². The number of hydrogen-bond acceptors (Lipinski definition) is 10. The molecule has 0 unspecified atom stereocenters. The number of nitrogens with one attached hydrogen (secondary N) is 1. The summed E-state index contributed by atoms with van der Waals surface area (Å²) in [5, 5.41) is 14.4. The van der Waals surface area contributed by atoms with Gasteiger partial charge in [0.05, 0.1) is 23.2 Å². The van der Waals surface area contributed by atoms with Crippen LogP contribution in [0.2, 0.25) is 0 Å². The number of aromatic nitrogens is 4. The second-order valence-corrected chi connectivity index (χ2v) is 11.3. The molecule has 6 heterocycles. The van der Waals surface area contributed by atoms with Crippen molar-refractivity contribution in [3.8, 4) is 11.6 Å². The molecule has 36 heavy (non-hydrogen) atoms. The number of aliphatic hydroxyl groups is 1. The molecule has 3 aromatic rings. The molecule has 2 N–H and O–H groups in total. The van der Waals surface area contributed by atoms with Crippen molar-refractivity contribution < 1.29 is 14.6 Å². The van der Waals surface area contributed by atoms with Gasteiger partial charge in [-0.3, -0.25) is 0 Å². The van der Waals surface area contributed by atoms with Crippen molar-refractivity contribution in [1.29, 1.82) is 0 Å². The topological polar surface area (TPSA) is 106 Å². The lowest BCUT2D eigenvalue weighted by Gasteiger charge is -2.45. The summed E-state index contributed by atoms with van der Waals surface area (Å²) in [6.07, 6.45) is 11.5. The summed E-state index contributed by atoms with van der Waals surface area (Å²) in [4.78, 5) is 21.5. The quantitative estimate of drug-likeness (QED) is 0.547. The Morgan fingerprint density at radius 3 is 2.75 bits per heavy atom. The number of anilines is 2. The molecule has 0 aromatic carbocycles. The van der Waals surface area contributed by atoms with E-state index in [4.69, 9.17) is 19.4 Å². The summed E-state index contributed by atoms with van der Waals surface area (Å²) >= 11 is 1.49. The average molecular weight is 505 g/mol. The summed E-state index contributed by atoms with van der Waals surface area (Å²) in [5.74, 6) is 3.08. The minimum atomic E-state index is -0.192. The van der Waals surface area contributed by atoms with E-state index in [1.807, 2.05) is 12.1 Å². The summed E-state index contributed by atoms with van der Waals surface area (Å²) in [6, 6.07) is 6.01. The van der Waals surface area contributed by atoms with Crippen LogP contribution in [0.5, 0.6) is 11.6 Å². The highest BCUT2D eigenvalue weighted by Gasteiger charge is 2.44. The van der Waals surface area contributed by atoms with Gasteiger partial charge in [0.25, 0.3) is 0 Å². The van der Waals surface area contributed by atoms with Crippen LogP contribution in [0.4, 0.5) is 11.6 Å². The van der Waals surface area contributed by atoms with Crippen LogP contribution >= 0.6 is 11.8 Å². The maximum Gasteiger partial charge on any atom is 0.217 e. The molecule has 3 aliphatic heterocycles. The van der Waals surface area contributed by atoms with E-state index in [9.17, 15) is 5.11 Å². The summed E-state index contributed by atoms with van der Waals surface area (Å²) < 4.78 is 12.4. The highest BCUT2D eigenvalue weighted by atomic mass is 32.2. The van der Waals surface area contributed by atoms with Gasteiger partial charge in [-0.2, -0.15) is 0 Å². The lowest BCUT2D eigenvalue weighted by atomic mass is 9.77. The number of ether oxygens (including phenoxy) is 2. The Bertz CT molecular complexity index is 1280. The highest BCUT2D eigenvalue weighted by molar-refractivity contribution is 7.99. The molecule has 3 aromatic heterocycles. The third-order valence-electron chi connectivity index (χ3n) is 7.87. The van der Waals surface area contributed by atoms with E-state index < -0.39 is 0 Å². The van der Waals surface area contributed by atoms with E-state index in [0.717, 1.165) is 78.4 Å². The van der Waals surface area contributed by atoms with Crippen molar-refractivity contribution >= 4 is 23.4 Å². The van der Waals surface area contributed by atoms with Crippen LogP contribution in [0.25, 0.3) is 0 Å². The molecule has 0 radical (unpaired) electrons. The van der Waals surface area contributed by atoms with Crippen LogP contribution < -0.4 is 19.7 Å². The fraction of sp³-hybridized carbons (Fsp3) is 0.462. The van der Waals surface area contributed by atoms with Gasteiger partial charge in [0.2, 0.25) is 5.88 Å². The number of nitrogens with zero attached hydrogens (tertiary/aromatic N) is 5. The van der Waals surface area contributed by atoms with Gasteiger partial charge in [-0.15, -0.1) is 0 Å². The smallest absolute Gasteiger partial charge is 0.217 e. The van der Waals surface area contributed by atoms with E-state index in [1.165, 1.54) is 23.7 Å². The number of aliphatic hydroxyl groups excluding tert-OH is 1. The fourth-order valence-electron chi connectivity index (χ4n) is 5.69. The average Bonchev–Trinajstić information content (AvgIpc) is 3.25. The SMILES string of the molecule is OCc1nc(Sc2ccnc3c2OCC2(CCC2)N3)cnc1N1CCC2(CC1)Cc1cccnc1O2. The zero-order valence-electron chi connectivity index (χ0n) is 19.9. The Balaban J connectivity index is 1.06. The summed E-state index contributed by atoms with van der Waals surface area (Å²) in [6.45, 7) is 2.08. The van der Waals surface area contributed by atoms with Crippen LogP contribution in [-0.4, -0.2) is 55.9 Å². The number of rotatable bonds is 4. The van der Waals surface area contributed by atoms with Gasteiger partial charge in [-0.25, -0.2) is 19.9 Å². The molecule has 2 spiro atoms. The van der Waals surface area contributed by atoms with Crippen LogP contribution in [0.1, 0.15) is 43.4 Å². The zero-order chi connectivity index (χ0) is 24.2. The third kappa shape index (κ3) is 3.74. The lowest BCUT2D eigenvalue weighted by molar-refractivity contribution is 0.0626. The molecule has 0 atom stereocenters. The van der Waals surface area contributed by atoms with Crippen molar-refractivity contribution in [3.63, 3.8) is 0 Å². The molecular formula is C26H28N6O3S. The highest BCUT2D eigenvalue weighted by Crippen LogP contribution is 2.46. The molecule has 10 heteroatoms. The molecule has 7 rings (SSSR count). The predicted molar refractivity (Wildman–Crippen MR) is 135 cm³/mol. The van der Waals surface area contributed by atoms with E-state index in [1.54, 1.807) is 18.6 Å². The minimum absolute atomic E-state index is 0.0463. The second-order valence-electron chi connectivity index (χ2n) is 10.2. The van der Waals surface area contributed by atoms with Crippen LogP contribution in [0, 0.1) is 0 Å². The molecule has 1 saturated carbocycles. The van der Waals surface area contributed by atoms with Gasteiger partial charge in [-0.1, -0.05) is 17.8 Å². The Kier molecular flexibility index (Phi) is 5.21. The second kappa shape index (κ2) is 8.48. The normalized spacial score (nSPS) is 20.6. The molecule has 0 bridgehead atoms. The predicted octanol–water partition coefficient (Wildman–Crippen LogP) is 3.61. The number of piperidine rings is 1. The molecule has 1 aliphatic carbocycles. The lowest BCUT2D eigenvalue weighted by Crippen LogP contribution is -2.52. The zero-order valence-corrected chi connectivity index (χ0v) is 20.8. The Hall–Kier alpha value is -3.11. The van der Waals surface area contributed by atoms with Crippen LogP contribution in [-0.2, 0) is 13.0 Å². The van der Waals surface area contributed by atoms with Gasteiger partial charge in [0.15, 0.2) is 17.4 Å². The van der Waals surface area contributed by atoms with E-state index in [-0.39, 0.29) is 17.7 Å². The first kappa shape index (κ1) is 22.1. The van der Waals surface area contributed by atoms with Gasteiger partial charge in [-0.05, 0) is 31.4 Å². The van der Waals surface area contributed by atoms with Crippen molar-refractivity contribution in [2.45, 2.75) is 66.2 Å². The van der Waals surface area contributed by atoms with Crippen molar-refractivity contribution in [1.82, 2.24) is 19.9 Å². The van der Waals surface area contributed by atoms with E-state index in [2.05, 4.69) is 26.3 Å². The first-order chi connectivity index (χ1) is 17.6. The van der Waals surface area contributed by atoms with Crippen molar-refractivity contribution in [2.24, 2.45) is 0 Å². The van der Waals surface area contributed by atoms with Crippen molar-refractivity contribution in [3.05, 3.63) is 48.0 Å². The number of fused-ring (bicyclic) bond motifs is 2. The molecule has 1 saturated heterocycles. The molecular weight excluding hydrogens is 476 g/mol. The molecule has 0 amide bonds. The van der Waals surface area contributed by atoms with Gasteiger partial charge < -0.3 is 24.8 Å². The molecule has 2 fully saturated rings. The number of hydrogen-bond donors (Lipinski definition) is 2. The van der Waals surface area contributed by atoms with E-state index in [0.29, 0.717) is 12.3 Å². The first-order valence-corrected chi connectivity index (χ1v) is 13.4. The van der Waals surface area contributed by atoms with Gasteiger partial charge in [0, 0.05) is 50.3 Å². The minimum Gasteiger partial charge on any atom is -0.486 e. The van der Waals surface area contributed by atoms with Crippen LogP contribution in [0.3, 0.4) is 0 Å². The summed E-state index contributed by atoms with van der Waals surface area (Å²) in [5.41, 5.74) is 1.62. The van der Waals surface area contributed by atoms with Crippen molar-refractivity contribution in [2.75, 3.05) is 29.9 Å². The monoisotopic (exact) mass is 504 g/mol. The molecule has 186 valence electrons. The molecule has 4 aliphatic rings. The third-order valence-corrected chi connectivity index (χ3v) is 8.82. The van der Waals surface area contributed by atoms with Gasteiger partial charge in [0.1, 0.15) is 22.9 Å². The Morgan fingerprint density at radius 2 is 1.97 bits per heavy atom. The summed E-state index contributed by atoms with van der Waals surface area (Å²) in [7, 11) is 0. The first-order valence-electron chi connectivity index (χ1n) is 12.6. The maximum atomic E-state index is 10.1. The molecule has 9 nitrogen and oxygen atoms in total.